The lowest BCUT2D eigenvalue weighted by atomic mass is 9.46. The fraction of sp³-hybridized carbons (Fsp3) is 0.750. The monoisotopic (exact) mass is 350 g/mol. The highest BCUT2D eigenvalue weighted by atomic mass is 16.6. The second-order valence-electron chi connectivity index (χ2n) is 8.56. The van der Waals surface area contributed by atoms with E-state index in [0.29, 0.717) is 6.42 Å². The van der Waals surface area contributed by atoms with E-state index in [1.165, 1.54) is 0 Å². The van der Waals surface area contributed by atoms with Crippen LogP contribution in [-0.4, -0.2) is 46.7 Å². The van der Waals surface area contributed by atoms with Gasteiger partial charge in [0.1, 0.15) is 18.6 Å². The summed E-state index contributed by atoms with van der Waals surface area (Å²) in [6.07, 6.45) is 5.72. The van der Waals surface area contributed by atoms with Crippen molar-refractivity contribution in [2.45, 2.75) is 51.7 Å². The first-order valence-corrected chi connectivity index (χ1v) is 9.23. The van der Waals surface area contributed by atoms with Crippen LogP contribution in [0.1, 0.15) is 39.5 Å². The van der Waals surface area contributed by atoms with Gasteiger partial charge in [-0.15, -0.1) is 0 Å². The fourth-order valence-electron chi connectivity index (χ4n) is 5.45. The molecule has 5 nitrogen and oxygen atoms in total. The Balaban J connectivity index is 1.90. The van der Waals surface area contributed by atoms with Gasteiger partial charge < -0.3 is 20.1 Å². The van der Waals surface area contributed by atoms with Gasteiger partial charge in [0.25, 0.3) is 0 Å². The molecule has 0 aromatic heterocycles. The van der Waals surface area contributed by atoms with Crippen LogP contribution < -0.4 is 0 Å². The Morgan fingerprint density at radius 3 is 2.60 bits per heavy atom. The highest BCUT2D eigenvalue weighted by molar-refractivity contribution is 5.77. The van der Waals surface area contributed by atoms with Crippen molar-refractivity contribution in [3.05, 3.63) is 24.3 Å². The lowest BCUT2D eigenvalue weighted by molar-refractivity contribution is -0.146. The normalized spacial score (nSPS) is 47.8. The van der Waals surface area contributed by atoms with Gasteiger partial charge in [-0.25, -0.2) is 0 Å². The predicted molar refractivity (Wildman–Crippen MR) is 93.5 cm³/mol. The van der Waals surface area contributed by atoms with Crippen LogP contribution in [0.2, 0.25) is 0 Å². The maximum absolute atomic E-state index is 11.8. The molecule has 1 saturated heterocycles. The van der Waals surface area contributed by atoms with Crippen LogP contribution in [-0.2, 0) is 9.53 Å². The number of aliphatic hydroxyl groups is 3. The first-order chi connectivity index (χ1) is 11.7. The summed E-state index contributed by atoms with van der Waals surface area (Å²) in [7, 11) is 0. The van der Waals surface area contributed by atoms with Crippen molar-refractivity contribution < 1.29 is 24.9 Å². The van der Waals surface area contributed by atoms with E-state index in [1.54, 1.807) is 6.08 Å². The minimum atomic E-state index is -0.792. The number of rotatable bonds is 3. The summed E-state index contributed by atoms with van der Waals surface area (Å²) in [5.74, 6) is -0.763. The number of allylic oxidation sites excluding steroid dienone is 2. The molecule has 0 aromatic carbocycles. The van der Waals surface area contributed by atoms with E-state index in [1.807, 2.05) is 13.0 Å². The number of carbonyl (C=O) groups is 1. The van der Waals surface area contributed by atoms with Gasteiger partial charge in [0, 0.05) is 11.3 Å². The largest absolute Gasteiger partial charge is 0.462 e. The molecular weight excluding hydrogens is 320 g/mol. The molecule has 3 fully saturated rings. The predicted octanol–water partition coefficient (Wildman–Crippen LogP) is 1.82. The third-order valence-corrected chi connectivity index (χ3v) is 7.15. The van der Waals surface area contributed by atoms with Crippen molar-refractivity contribution in [3.8, 4) is 0 Å². The Labute approximate surface area is 149 Å². The van der Waals surface area contributed by atoms with Crippen molar-refractivity contribution in [3.63, 3.8) is 0 Å². The van der Waals surface area contributed by atoms with E-state index in [0.717, 1.165) is 24.8 Å². The van der Waals surface area contributed by atoms with Crippen molar-refractivity contribution in [2.24, 2.45) is 28.6 Å². The van der Waals surface area contributed by atoms with Crippen molar-refractivity contribution in [1.29, 1.82) is 0 Å². The summed E-state index contributed by atoms with van der Waals surface area (Å²) in [6, 6.07) is 0. The molecule has 140 valence electrons. The van der Waals surface area contributed by atoms with Crippen molar-refractivity contribution in [1.82, 2.24) is 0 Å². The number of ether oxygens (including phenoxy) is 1. The van der Waals surface area contributed by atoms with Crippen molar-refractivity contribution in [2.75, 3.05) is 13.2 Å². The standard InChI is InChI=1S/C20H30O5/c1-12-4-7-16-19(2,9-8-17(23)20(16,3)11-21)14(12)6-5-13-15(22)10-25-18(13)24/h5-6,13-17,21-23H,1,4,7-11H2,2-3H3/b6-5+/t13-,14+,15-,16+,17-,19+,20+/m1/s1. The molecule has 3 rings (SSSR count). The highest BCUT2D eigenvalue weighted by Gasteiger charge is 2.57. The molecule has 0 bridgehead atoms. The Hall–Kier alpha value is -1.17. The quantitative estimate of drug-likeness (QED) is 0.534. The fourth-order valence-corrected chi connectivity index (χ4v) is 5.45. The lowest BCUT2D eigenvalue weighted by Gasteiger charge is -2.59. The summed E-state index contributed by atoms with van der Waals surface area (Å²) < 4.78 is 4.91. The molecule has 3 aliphatic rings. The number of carbonyl (C=O) groups excluding carboxylic acids is 1. The second-order valence-corrected chi connectivity index (χ2v) is 8.56. The third kappa shape index (κ3) is 2.86. The first-order valence-electron chi connectivity index (χ1n) is 9.23. The smallest absolute Gasteiger partial charge is 0.315 e. The summed E-state index contributed by atoms with van der Waals surface area (Å²) in [6.45, 7) is 8.45. The summed E-state index contributed by atoms with van der Waals surface area (Å²) in [4.78, 5) is 11.8. The molecule has 1 heterocycles. The molecule has 2 aliphatic carbocycles. The minimum Gasteiger partial charge on any atom is -0.462 e. The van der Waals surface area contributed by atoms with E-state index in [4.69, 9.17) is 4.74 Å². The van der Waals surface area contributed by atoms with Gasteiger partial charge in [0.15, 0.2) is 0 Å². The molecule has 0 aromatic rings. The Morgan fingerprint density at radius 2 is 2.00 bits per heavy atom. The Kier molecular flexibility index (Phi) is 4.86. The number of cyclic esters (lactones) is 1. The van der Waals surface area contributed by atoms with E-state index in [-0.39, 0.29) is 36.4 Å². The highest BCUT2D eigenvalue weighted by Crippen LogP contribution is 2.61. The van der Waals surface area contributed by atoms with E-state index in [9.17, 15) is 20.1 Å². The summed E-state index contributed by atoms with van der Waals surface area (Å²) >= 11 is 0. The molecule has 3 N–H and O–H groups in total. The Morgan fingerprint density at radius 1 is 1.28 bits per heavy atom. The van der Waals surface area contributed by atoms with Gasteiger partial charge in [0.2, 0.25) is 0 Å². The zero-order chi connectivity index (χ0) is 18.4. The maximum atomic E-state index is 11.8. The molecule has 2 saturated carbocycles. The van der Waals surface area contributed by atoms with Gasteiger partial charge in [0.05, 0.1) is 12.7 Å². The lowest BCUT2D eigenvalue weighted by Crippen LogP contribution is -2.57. The van der Waals surface area contributed by atoms with Crippen LogP contribution in [0.25, 0.3) is 0 Å². The SMILES string of the molecule is C=C1CC[C@@H]2[C@](C)(CO)[C@H](O)CC[C@@]2(C)[C@H]1/C=C/[C@H]1C(=O)OC[C@H]1O. The van der Waals surface area contributed by atoms with Gasteiger partial charge in [-0.1, -0.05) is 38.2 Å². The van der Waals surface area contributed by atoms with E-state index >= 15 is 0 Å². The molecule has 0 radical (unpaired) electrons. The number of esters is 1. The van der Waals surface area contributed by atoms with Gasteiger partial charge in [-0.2, -0.15) is 0 Å². The van der Waals surface area contributed by atoms with Crippen LogP contribution in [0.4, 0.5) is 0 Å². The van der Waals surface area contributed by atoms with Crippen LogP contribution >= 0.6 is 0 Å². The van der Waals surface area contributed by atoms with Crippen LogP contribution in [0.5, 0.6) is 0 Å². The zero-order valence-electron chi connectivity index (χ0n) is 15.1. The zero-order valence-corrected chi connectivity index (χ0v) is 15.1. The molecule has 0 spiro atoms. The molecule has 7 atom stereocenters. The molecule has 5 heteroatoms. The summed E-state index contributed by atoms with van der Waals surface area (Å²) in [5.41, 5.74) is 0.467. The molecule has 0 unspecified atom stereocenters. The van der Waals surface area contributed by atoms with Gasteiger partial charge in [-0.05, 0) is 37.0 Å². The third-order valence-electron chi connectivity index (χ3n) is 7.15. The average molecular weight is 350 g/mol. The van der Waals surface area contributed by atoms with Gasteiger partial charge >= 0.3 is 5.97 Å². The second kappa shape index (κ2) is 6.53. The number of hydrogen-bond acceptors (Lipinski definition) is 5. The molecular formula is C20H30O5. The molecule has 25 heavy (non-hydrogen) atoms. The number of hydrogen-bond donors (Lipinski definition) is 3. The average Bonchev–Trinajstić information content (AvgIpc) is 2.89. The minimum absolute atomic E-state index is 0.0367. The van der Waals surface area contributed by atoms with Crippen LogP contribution in [0.15, 0.2) is 24.3 Å². The van der Waals surface area contributed by atoms with Crippen LogP contribution in [0.3, 0.4) is 0 Å². The maximum Gasteiger partial charge on any atom is 0.315 e. The molecule has 1 aliphatic heterocycles. The van der Waals surface area contributed by atoms with Gasteiger partial charge in [-0.3, -0.25) is 4.79 Å². The summed E-state index contributed by atoms with van der Waals surface area (Å²) in [5, 5.41) is 30.4. The topological polar surface area (TPSA) is 87.0 Å². The van der Waals surface area contributed by atoms with Crippen LogP contribution in [0, 0.1) is 28.6 Å². The van der Waals surface area contributed by atoms with E-state index < -0.39 is 23.5 Å². The molecule has 0 amide bonds. The van der Waals surface area contributed by atoms with Crippen molar-refractivity contribution >= 4 is 5.97 Å². The number of fused-ring (bicyclic) bond motifs is 1. The number of aliphatic hydroxyl groups excluding tert-OH is 3. The first kappa shape index (κ1) is 18.6. The van der Waals surface area contributed by atoms with E-state index in [2.05, 4.69) is 13.5 Å². The Bertz CT molecular complexity index is 585.